The maximum absolute atomic E-state index is 14.0. The Hall–Kier alpha value is -2.82. The molecule has 1 saturated heterocycles. The number of hydrogen-bond acceptors (Lipinski definition) is 6. The molecule has 33 heavy (non-hydrogen) atoms. The molecule has 174 valence electrons. The smallest absolute Gasteiger partial charge is 0.276 e. The second-order valence-corrected chi connectivity index (χ2v) is 9.06. The summed E-state index contributed by atoms with van der Waals surface area (Å²) < 4.78 is 34.4. The number of aromatic hydroxyl groups is 1. The molecule has 0 saturated carbocycles. The summed E-state index contributed by atoms with van der Waals surface area (Å²) in [6.45, 7) is 2.72. The lowest BCUT2D eigenvalue weighted by Gasteiger charge is -2.44. The van der Waals surface area contributed by atoms with Gasteiger partial charge in [0.25, 0.3) is 5.91 Å². The fourth-order valence-electron chi connectivity index (χ4n) is 4.18. The lowest BCUT2D eigenvalue weighted by atomic mass is 10.1. The Morgan fingerprint density at radius 2 is 2.09 bits per heavy atom. The minimum absolute atomic E-state index is 0. The molecule has 1 fully saturated rings. The van der Waals surface area contributed by atoms with Crippen molar-refractivity contribution in [2.24, 2.45) is 0 Å². The summed E-state index contributed by atoms with van der Waals surface area (Å²) >= 11 is 1.17. The van der Waals surface area contributed by atoms with Crippen molar-refractivity contribution in [3.8, 4) is 16.3 Å². The van der Waals surface area contributed by atoms with E-state index in [1.54, 1.807) is 4.90 Å². The summed E-state index contributed by atoms with van der Waals surface area (Å²) in [5.74, 6) is -2.37. The Morgan fingerprint density at radius 3 is 2.85 bits per heavy atom. The number of rotatable bonds is 3. The molecule has 0 aliphatic carbocycles. The molecule has 0 spiro atoms. The highest BCUT2D eigenvalue weighted by atomic mass is 35.5. The van der Waals surface area contributed by atoms with Gasteiger partial charge in [-0.15, -0.1) is 23.7 Å². The molecular formula is C22H20ClF2N3O4S. The fraction of sp³-hybridized carbons (Fsp3) is 0.318. The minimum atomic E-state index is -0.692. The molecule has 2 atom stereocenters. The standard InChI is InChI=1S/C22H19F2N3O4S.ClH/c1-11-4-5-31-17-10-26-9-15(19(28)20(29)18(26)22(30)27(11)17)21-25-8-14(32-21)6-12-2-3-13(23)7-16(12)24;/h2-3,7-9,11,17,29H,4-6,10H2,1H3;1H/t11-,17+;/m1./s1. The molecule has 2 aromatic heterocycles. The maximum Gasteiger partial charge on any atom is 0.276 e. The fourth-order valence-corrected chi connectivity index (χ4v) is 5.12. The largest absolute Gasteiger partial charge is 0.503 e. The number of carbonyl (C=O) groups is 1. The van der Waals surface area contributed by atoms with Gasteiger partial charge < -0.3 is 19.3 Å². The third-order valence-corrected chi connectivity index (χ3v) is 6.87. The van der Waals surface area contributed by atoms with E-state index in [2.05, 4.69) is 4.98 Å². The van der Waals surface area contributed by atoms with Crippen LogP contribution >= 0.6 is 23.7 Å². The Kier molecular flexibility index (Phi) is 6.26. The summed E-state index contributed by atoms with van der Waals surface area (Å²) in [4.78, 5) is 32.4. The molecule has 0 radical (unpaired) electrons. The second kappa shape index (κ2) is 8.85. The summed E-state index contributed by atoms with van der Waals surface area (Å²) in [5.41, 5.74) is -0.298. The number of aromatic nitrogens is 2. The van der Waals surface area contributed by atoms with Crippen LogP contribution in [0, 0.1) is 11.6 Å². The van der Waals surface area contributed by atoms with Crippen LogP contribution in [-0.4, -0.2) is 44.3 Å². The molecule has 7 nitrogen and oxygen atoms in total. The maximum atomic E-state index is 14.0. The zero-order chi connectivity index (χ0) is 22.6. The number of thiazole rings is 1. The van der Waals surface area contributed by atoms with Gasteiger partial charge in [0.1, 0.15) is 16.6 Å². The first-order valence-electron chi connectivity index (χ1n) is 10.1. The molecule has 4 heterocycles. The van der Waals surface area contributed by atoms with Crippen LogP contribution < -0.4 is 5.43 Å². The van der Waals surface area contributed by atoms with Gasteiger partial charge in [-0.2, -0.15) is 0 Å². The van der Waals surface area contributed by atoms with Gasteiger partial charge in [0, 0.05) is 35.8 Å². The monoisotopic (exact) mass is 495 g/mol. The van der Waals surface area contributed by atoms with E-state index < -0.39 is 34.9 Å². The number of pyridine rings is 1. The van der Waals surface area contributed by atoms with E-state index in [1.165, 1.54) is 40.4 Å². The highest BCUT2D eigenvalue weighted by molar-refractivity contribution is 7.15. The van der Waals surface area contributed by atoms with E-state index in [0.717, 1.165) is 6.07 Å². The summed E-state index contributed by atoms with van der Waals surface area (Å²) in [5, 5.41) is 10.9. The van der Waals surface area contributed by atoms with Gasteiger partial charge in [0.05, 0.1) is 18.7 Å². The Bertz CT molecular complexity index is 1300. The summed E-state index contributed by atoms with van der Waals surface area (Å²) in [6.07, 6.45) is 3.42. The van der Waals surface area contributed by atoms with Crippen LogP contribution in [0.2, 0.25) is 0 Å². The minimum Gasteiger partial charge on any atom is -0.503 e. The van der Waals surface area contributed by atoms with Gasteiger partial charge in [-0.1, -0.05) is 6.07 Å². The van der Waals surface area contributed by atoms with E-state index in [1.807, 2.05) is 6.92 Å². The van der Waals surface area contributed by atoms with Crippen molar-refractivity contribution in [1.82, 2.24) is 14.5 Å². The molecule has 2 aliphatic heterocycles. The van der Waals surface area contributed by atoms with Crippen LogP contribution in [0.1, 0.15) is 34.3 Å². The average Bonchev–Trinajstić information content (AvgIpc) is 3.21. The molecule has 1 N–H and O–H groups in total. The van der Waals surface area contributed by atoms with Gasteiger partial charge in [-0.25, -0.2) is 13.8 Å². The van der Waals surface area contributed by atoms with E-state index in [4.69, 9.17) is 4.74 Å². The molecule has 1 aromatic carbocycles. The van der Waals surface area contributed by atoms with Crippen LogP contribution in [0.25, 0.3) is 10.6 Å². The molecule has 0 unspecified atom stereocenters. The quantitative estimate of drug-likeness (QED) is 0.600. The number of benzene rings is 1. The average molecular weight is 496 g/mol. The predicted molar refractivity (Wildman–Crippen MR) is 120 cm³/mol. The number of fused-ring (bicyclic) bond motifs is 2. The van der Waals surface area contributed by atoms with Gasteiger partial charge in [-0.3, -0.25) is 9.59 Å². The zero-order valence-corrected chi connectivity index (χ0v) is 19.1. The van der Waals surface area contributed by atoms with Crippen molar-refractivity contribution in [3.05, 3.63) is 68.6 Å². The molecule has 5 rings (SSSR count). The lowest BCUT2D eigenvalue weighted by molar-refractivity contribution is -0.112. The number of amides is 1. The van der Waals surface area contributed by atoms with E-state index in [0.29, 0.717) is 28.5 Å². The predicted octanol–water partition coefficient (Wildman–Crippen LogP) is 3.56. The summed E-state index contributed by atoms with van der Waals surface area (Å²) in [6, 6.07) is 3.31. The van der Waals surface area contributed by atoms with Crippen LogP contribution in [0.15, 0.2) is 35.4 Å². The molecule has 2 aliphatic rings. The van der Waals surface area contributed by atoms with Gasteiger partial charge in [-0.05, 0) is 25.0 Å². The van der Waals surface area contributed by atoms with Gasteiger partial charge in [0.15, 0.2) is 17.7 Å². The van der Waals surface area contributed by atoms with Crippen LogP contribution in [0.4, 0.5) is 8.78 Å². The van der Waals surface area contributed by atoms with E-state index >= 15 is 0 Å². The number of carbonyl (C=O) groups excluding carboxylic acids is 1. The van der Waals surface area contributed by atoms with Gasteiger partial charge in [0.2, 0.25) is 5.43 Å². The second-order valence-electron chi connectivity index (χ2n) is 7.94. The molecule has 1 amide bonds. The normalized spacial score (nSPS) is 19.6. The topological polar surface area (TPSA) is 84.7 Å². The first kappa shape index (κ1) is 23.3. The van der Waals surface area contributed by atoms with Crippen molar-refractivity contribution in [3.63, 3.8) is 0 Å². The van der Waals surface area contributed by atoms with Crippen molar-refractivity contribution < 1.29 is 23.4 Å². The molecular weight excluding hydrogens is 476 g/mol. The van der Waals surface area contributed by atoms with Gasteiger partial charge >= 0.3 is 0 Å². The first-order valence-corrected chi connectivity index (χ1v) is 10.9. The number of hydrogen-bond donors (Lipinski definition) is 1. The summed E-state index contributed by atoms with van der Waals surface area (Å²) in [7, 11) is 0. The van der Waals surface area contributed by atoms with Crippen LogP contribution in [-0.2, 0) is 17.7 Å². The SMILES string of the molecule is C[C@@H]1CCO[C@H]2Cn3cc(-c4ncc(Cc5ccc(F)cc5F)s4)c(=O)c(O)c3C(=O)N12.Cl. The van der Waals surface area contributed by atoms with Crippen molar-refractivity contribution in [1.29, 1.82) is 0 Å². The van der Waals surface area contributed by atoms with Crippen LogP contribution in [0.3, 0.4) is 0 Å². The third kappa shape index (κ3) is 4.03. The highest BCUT2D eigenvalue weighted by Gasteiger charge is 2.40. The number of ether oxygens (including phenoxy) is 1. The Labute approximate surface area is 197 Å². The number of nitrogens with zero attached hydrogens (tertiary/aromatic N) is 3. The first-order chi connectivity index (χ1) is 15.3. The third-order valence-electron chi connectivity index (χ3n) is 5.84. The van der Waals surface area contributed by atoms with E-state index in [9.17, 15) is 23.5 Å². The molecule has 11 heteroatoms. The number of halogens is 3. The molecule has 3 aromatic rings. The van der Waals surface area contributed by atoms with Crippen LogP contribution in [0.5, 0.6) is 5.75 Å². The lowest BCUT2D eigenvalue weighted by Crippen LogP contribution is -2.56. The van der Waals surface area contributed by atoms with Crippen molar-refractivity contribution in [2.45, 2.75) is 38.6 Å². The Balaban J connectivity index is 0.00000259. The van der Waals surface area contributed by atoms with Crippen molar-refractivity contribution in [2.75, 3.05) is 6.61 Å². The highest BCUT2D eigenvalue weighted by Crippen LogP contribution is 2.32. The Morgan fingerprint density at radius 1 is 1.30 bits per heavy atom. The van der Waals surface area contributed by atoms with Crippen molar-refractivity contribution >= 4 is 29.7 Å². The molecule has 0 bridgehead atoms. The zero-order valence-electron chi connectivity index (χ0n) is 17.5. The van der Waals surface area contributed by atoms with E-state index in [-0.39, 0.29) is 42.7 Å².